The van der Waals surface area contributed by atoms with Crippen molar-refractivity contribution in [3.05, 3.63) is 40.5 Å². The smallest absolute Gasteiger partial charge is 0.273 e. The van der Waals surface area contributed by atoms with E-state index in [2.05, 4.69) is 20.6 Å². The van der Waals surface area contributed by atoms with Gasteiger partial charge in [-0.15, -0.1) is 11.3 Å². The number of piperidine rings is 1. The van der Waals surface area contributed by atoms with Gasteiger partial charge in [-0.05, 0) is 24.3 Å². The lowest BCUT2D eigenvalue weighted by Crippen LogP contribution is -2.46. The Labute approximate surface area is 173 Å². The summed E-state index contributed by atoms with van der Waals surface area (Å²) in [5.74, 6) is -0.445. The second kappa shape index (κ2) is 8.69. The third kappa shape index (κ3) is 5.17. The van der Waals surface area contributed by atoms with Crippen molar-refractivity contribution in [3.8, 4) is 0 Å². The predicted molar refractivity (Wildman–Crippen MR) is 111 cm³/mol. The summed E-state index contributed by atoms with van der Waals surface area (Å²) in [5.41, 5.74) is -0.532. The van der Waals surface area contributed by atoms with Crippen LogP contribution in [0.2, 0.25) is 0 Å². The van der Waals surface area contributed by atoms with Crippen molar-refractivity contribution in [1.29, 1.82) is 0 Å². The van der Waals surface area contributed by atoms with Gasteiger partial charge in [-0.25, -0.2) is 9.97 Å². The van der Waals surface area contributed by atoms with Crippen LogP contribution in [0.15, 0.2) is 29.9 Å². The molecule has 2 aromatic rings. The maximum absolute atomic E-state index is 12.7. The molecule has 0 spiro atoms. The highest BCUT2D eigenvalue weighted by Crippen LogP contribution is 2.19. The molecule has 0 unspecified atom stereocenters. The Balaban J connectivity index is 1.59. The van der Waals surface area contributed by atoms with Crippen molar-refractivity contribution >= 4 is 34.9 Å². The molecule has 2 N–H and O–H groups in total. The Hall–Kier alpha value is -2.81. The van der Waals surface area contributed by atoms with Crippen LogP contribution in [0.1, 0.15) is 53.8 Å². The van der Waals surface area contributed by atoms with Crippen molar-refractivity contribution < 1.29 is 14.4 Å². The molecule has 0 radical (unpaired) electrons. The van der Waals surface area contributed by atoms with Crippen molar-refractivity contribution in [2.45, 2.75) is 39.7 Å². The van der Waals surface area contributed by atoms with E-state index in [0.29, 0.717) is 25.9 Å². The maximum atomic E-state index is 12.7. The van der Waals surface area contributed by atoms with Crippen LogP contribution in [0.4, 0.5) is 5.82 Å². The first-order valence-electron chi connectivity index (χ1n) is 9.52. The van der Waals surface area contributed by atoms with E-state index in [-0.39, 0.29) is 35.3 Å². The van der Waals surface area contributed by atoms with Gasteiger partial charge in [-0.1, -0.05) is 26.8 Å². The summed E-state index contributed by atoms with van der Waals surface area (Å²) in [6.07, 6.45) is 4.17. The lowest BCUT2D eigenvalue weighted by Gasteiger charge is -2.32. The molecule has 1 fully saturated rings. The first-order valence-corrected chi connectivity index (χ1v) is 10.4. The minimum Gasteiger partial charge on any atom is -0.348 e. The van der Waals surface area contributed by atoms with Crippen molar-refractivity contribution in [1.82, 2.24) is 20.2 Å². The highest BCUT2D eigenvalue weighted by atomic mass is 32.1. The minimum atomic E-state index is -0.618. The second-order valence-electron chi connectivity index (χ2n) is 7.97. The van der Waals surface area contributed by atoms with E-state index in [9.17, 15) is 14.4 Å². The Kier molecular flexibility index (Phi) is 6.26. The van der Waals surface area contributed by atoms with E-state index in [4.69, 9.17) is 0 Å². The molecule has 154 valence electrons. The number of hydrogen-bond acceptors (Lipinski definition) is 6. The molecule has 3 heterocycles. The van der Waals surface area contributed by atoms with Gasteiger partial charge in [-0.2, -0.15) is 0 Å². The number of likely N-dealkylation sites (tertiary alicyclic amines) is 1. The van der Waals surface area contributed by atoms with Gasteiger partial charge >= 0.3 is 0 Å². The number of carbonyl (C=O) groups is 3. The zero-order valence-electron chi connectivity index (χ0n) is 16.8. The molecule has 3 rings (SSSR count). The van der Waals surface area contributed by atoms with Crippen LogP contribution in [0.25, 0.3) is 0 Å². The molecule has 0 saturated carbocycles. The minimum absolute atomic E-state index is 0.0332. The van der Waals surface area contributed by atoms with Crippen molar-refractivity contribution in [2.24, 2.45) is 5.41 Å². The van der Waals surface area contributed by atoms with Gasteiger partial charge in [0, 0.05) is 36.9 Å². The number of aromatic nitrogens is 2. The van der Waals surface area contributed by atoms with E-state index in [1.807, 2.05) is 22.4 Å². The largest absolute Gasteiger partial charge is 0.348 e. The van der Waals surface area contributed by atoms with Gasteiger partial charge in [0.15, 0.2) is 11.5 Å². The number of thiophene rings is 1. The molecule has 2 aromatic heterocycles. The molecule has 0 aliphatic carbocycles. The third-order valence-corrected chi connectivity index (χ3v) is 5.53. The van der Waals surface area contributed by atoms with Crippen LogP contribution in [-0.4, -0.2) is 51.7 Å². The number of amides is 3. The van der Waals surface area contributed by atoms with Crippen LogP contribution in [0.5, 0.6) is 0 Å². The molecule has 0 atom stereocenters. The summed E-state index contributed by atoms with van der Waals surface area (Å²) in [5, 5.41) is 7.52. The molecule has 3 amide bonds. The molecule has 29 heavy (non-hydrogen) atoms. The molecule has 1 aliphatic rings. The summed E-state index contributed by atoms with van der Waals surface area (Å²) in [4.78, 5) is 48.1. The van der Waals surface area contributed by atoms with Gasteiger partial charge in [0.2, 0.25) is 5.91 Å². The molecule has 9 heteroatoms. The Bertz CT molecular complexity index is 884. The van der Waals surface area contributed by atoms with Gasteiger partial charge < -0.3 is 15.5 Å². The summed E-state index contributed by atoms with van der Waals surface area (Å²) >= 11 is 1.43. The van der Waals surface area contributed by atoms with Crippen LogP contribution >= 0.6 is 11.3 Å². The number of anilines is 1. The van der Waals surface area contributed by atoms with Crippen molar-refractivity contribution in [3.63, 3.8) is 0 Å². The zero-order valence-corrected chi connectivity index (χ0v) is 17.6. The number of rotatable bonds is 4. The van der Waals surface area contributed by atoms with Crippen LogP contribution in [0.3, 0.4) is 0 Å². The van der Waals surface area contributed by atoms with E-state index in [1.165, 1.54) is 23.7 Å². The average molecular weight is 416 g/mol. The van der Waals surface area contributed by atoms with E-state index < -0.39 is 5.41 Å². The highest BCUT2D eigenvalue weighted by Gasteiger charge is 2.28. The lowest BCUT2D eigenvalue weighted by atomic mass is 9.96. The molecular formula is C20H25N5O3S. The quantitative estimate of drug-likeness (QED) is 0.799. The fraction of sp³-hybridized carbons (Fsp3) is 0.450. The summed E-state index contributed by atoms with van der Waals surface area (Å²) < 4.78 is 0. The molecule has 0 aromatic carbocycles. The monoisotopic (exact) mass is 415 g/mol. The van der Waals surface area contributed by atoms with Crippen LogP contribution in [-0.2, 0) is 4.79 Å². The molecule has 0 bridgehead atoms. The highest BCUT2D eigenvalue weighted by molar-refractivity contribution is 7.12. The van der Waals surface area contributed by atoms with Gasteiger partial charge in [0.05, 0.1) is 4.88 Å². The van der Waals surface area contributed by atoms with E-state index in [0.717, 1.165) is 4.88 Å². The summed E-state index contributed by atoms with van der Waals surface area (Å²) in [7, 11) is 0. The fourth-order valence-electron chi connectivity index (χ4n) is 2.93. The Morgan fingerprint density at radius 2 is 1.83 bits per heavy atom. The maximum Gasteiger partial charge on any atom is 0.273 e. The topological polar surface area (TPSA) is 104 Å². The average Bonchev–Trinajstić information content (AvgIpc) is 3.22. The summed E-state index contributed by atoms with van der Waals surface area (Å²) in [6, 6.07) is 3.62. The third-order valence-electron chi connectivity index (χ3n) is 4.68. The molecule has 1 saturated heterocycles. The van der Waals surface area contributed by atoms with E-state index >= 15 is 0 Å². The molecule has 8 nitrogen and oxygen atoms in total. The van der Waals surface area contributed by atoms with Crippen molar-refractivity contribution in [2.75, 3.05) is 18.4 Å². The molecule has 1 aliphatic heterocycles. The van der Waals surface area contributed by atoms with E-state index in [1.54, 1.807) is 20.8 Å². The number of nitrogens with one attached hydrogen (secondary N) is 2. The number of carbonyl (C=O) groups excluding carboxylic acids is 3. The van der Waals surface area contributed by atoms with Crippen LogP contribution < -0.4 is 10.6 Å². The first kappa shape index (κ1) is 20.9. The lowest BCUT2D eigenvalue weighted by molar-refractivity contribution is -0.123. The molecular weight excluding hydrogens is 390 g/mol. The SMILES string of the molecule is CC(C)(C)C(=O)Nc1nccnc1C(=O)NC1CCN(C(=O)c2cccs2)CC1. The summed E-state index contributed by atoms with van der Waals surface area (Å²) in [6.45, 7) is 6.50. The fourth-order valence-corrected chi connectivity index (χ4v) is 3.62. The van der Waals surface area contributed by atoms with Crippen LogP contribution in [0, 0.1) is 5.41 Å². The normalized spacial score (nSPS) is 15.1. The Morgan fingerprint density at radius 3 is 2.45 bits per heavy atom. The van der Waals surface area contributed by atoms with Gasteiger partial charge in [0.1, 0.15) is 0 Å². The predicted octanol–water partition coefficient (Wildman–Crippen LogP) is 2.56. The number of nitrogens with zero attached hydrogens (tertiary/aromatic N) is 3. The standard InChI is InChI=1S/C20H25N5O3S/c1-20(2,3)19(28)24-16-15(21-8-9-22-16)17(26)23-13-6-10-25(11-7-13)18(27)14-5-4-12-29-14/h4-5,8-9,12-13H,6-7,10-11H2,1-3H3,(H,23,26)(H,22,24,28). The number of hydrogen-bond donors (Lipinski definition) is 2. The Morgan fingerprint density at radius 1 is 1.14 bits per heavy atom. The van der Waals surface area contributed by atoms with Gasteiger partial charge in [-0.3, -0.25) is 14.4 Å². The first-order chi connectivity index (χ1) is 13.8. The van der Waals surface area contributed by atoms with Gasteiger partial charge in [0.25, 0.3) is 11.8 Å². The second-order valence-corrected chi connectivity index (χ2v) is 8.92. The zero-order chi connectivity index (χ0) is 21.0.